The van der Waals surface area contributed by atoms with Gasteiger partial charge < -0.3 is 25.2 Å². The van der Waals surface area contributed by atoms with Crippen LogP contribution in [0, 0.1) is 6.92 Å². The Kier molecular flexibility index (Phi) is 11.9. The highest BCUT2D eigenvalue weighted by Crippen LogP contribution is 2.22. The van der Waals surface area contributed by atoms with Gasteiger partial charge in [-0.3, -0.25) is 9.79 Å². The summed E-state index contributed by atoms with van der Waals surface area (Å²) >= 11 is 6.09. The molecule has 0 aromatic heterocycles. The Morgan fingerprint density at radius 2 is 1.83 bits per heavy atom. The van der Waals surface area contributed by atoms with Gasteiger partial charge in [0.15, 0.2) is 5.96 Å². The largest absolute Gasteiger partial charge is 0.450 e. The Morgan fingerprint density at radius 3 is 2.47 bits per heavy atom. The SMILES string of the molecule is CCNC(=NCCC(=O)Nc1cccc(Cl)c1C)N1CCN(C(=O)OCC)CC1.I. The van der Waals surface area contributed by atoms with Crippen molar-refractivity contribution in [3.8, 4) is 0 Å². The maximum atomic E-state index is 12.3. The van der Waals surface area contributed by atoms with Crippen molar-refractivity contribution in [3.05, 3.63) is 28.8 Å². The Labute approximate surface area is 200 Å². The van der Waals surface area contributed by atoms with Crippen LogP contribution >= 0.6 is 35.6 Å². The molecule has 1 heterocycles. The molecule has 0 saturated carbocycles. The third-order valence-electron chi connectivity index (χ3n) is 4.58. The summed E-state index contributed by atoms with van der Waals surface area (Å²) in [4.78, 5) is 32.5. The number of rotatable bonds is 6. The average molecular weight is 552 g/mol. The van der Waals surface area contributed by atoms with Gasteiger partial charge in [-0.1, -0.05) is 17.7 Å². The van der Waals surface area contributed by atoms with Gasteiger partial charge in [0.1, 0.15) is 0 Å². The van der Waals surface area contributed by atoms with Crippen LogP contribution < -0.4 is 10.6 Å². The first kappa shape index (κ1) is 26.3. The van der Waals surface area contributed by atoms with Crippen LogP contribution in [-0.4, -0.2) is 73.6 Å². The van der Waals surface area contributed by atoms with Crippen molar-refractivity contribution in [2.45, 2.75) is 27.2 Å². The van der Waals surface area contributed by atoms with Crippen molar-refractivity contribution in [1.29, 1.82) is 0 Å². The van der Waals surface area contributed by atoms with Crippen LogP contribution in [0.4, 0.5) is 10.5 Å². The maximum absolute atomic E-state index is 12.3. The molecule has 2 N–H and O–H groups in total. The van der Waals surface area contributed by atoms with E-state index in [9.17, 15) is 9.59 Å². The number of carbonyl (C=O) groups excluding carboxylic acids is 2. The van der Waals surface area contributed by atoms with Crippen molar-refractivity contribution in [3.63, 3.8) is 0 Å². The molecule has 30 heavy (non-hydrogen) atoms. The number of carbonyl (C=O) groups is 2. The van der Waals surface area contributed by atoms with E-state index in [0.29, 0.717) is 50.0 Å². The van der Waals surface area contributed by atoms with E-state index < -0.39 is 0 Å². The number of nitrogens with one attached hydrogen (secondary N) is 2. The molecule has 1 aliphatic rings. The highest BCUT2D eigenvalue weighted by Gasteiger charge is 2.23. The quantitative estimate of drug-likeness (QED) is 0.322. The van der Waals surface area contributed by atoms with Crippen LogP contribution in [0.15, 0.2) is 23.2 Å². The van der Waals surface area contributed by atoms with Crippen molar-refractivity contribution >= 4 is 59.2 Å². The first-order valence-electron chi connectivity index (χ1n) is 9.96. The Balaban J connectivity index is 0.00000450. The van der Waals surface area contributed by atoms with Gasteiger partial charge in [-0.15, -0.1) is 24.0 Å². The number of halogens is 2. The van der Waals surface area contributed by atoms with Gasteiger partial charge in [0.25, 0.3) is 0 Å². The summed E-state index contributed by atoms with van der Waals surface area (Å²) in [5, 5.41) is 6.76. The fourth-order valence-corrected chi connectivity index (χ4v) is 3.13. The van der Waals surface area contributed by atoms with Crippen LogP contribution in [0.2, 0.25) is 5.02 Å². The standard InChI is InChI=1S/C20H30ClN5O3.HI/c1-4-22-19(25-11-13-26(14-12-25)20(28)29-5-2)23-10-9-18(27)24-17-8-6-7-16(21)15(17)3;/h6-8H,4-5,9-14H2,1-3H3,(H,22,23)(H,24,27);1H. The smallest absolute Gasteiger partial charge is 0.409 e. The van der Waals surface area contributed by atoms with Gasteiger partial charge in [-0.25, -0.2) is 4.79 Å². The Hall–Kier alpha value is -1.75. The number of anilines is 1. The second kappa shape index (κ2) is 13.5. The molecule has 2 rings (SSSR count). The Bertz CT molecular complexity index is 739. The summed E-state index contributed by atoms with van der Waals surface area (Å²) < 4.78 is 5.05. The van der Waals surface area contributed by atoms with E-state index in [2.05, 4.69) is 20.5 Å². The number of hydrogen-bond acceptors (Lipinski definition) is 4. The van der Waals surface area contributed by atoms with E-state index in [-0.39, 0.29) is 42.4 Å². The predicted octanol–water partition coefficient (Wildman–Crippen LogP) is 3.33. The van der Waals surface area contributed by atoms with Gasteiger partial charge >= 0.3 is 6.09 Å². The number of amides is 2. The van der Waals surface area contributed by atoms with Crippen molar-refractivity contribution in [2.24, 2.45) is 4.99 Å². The second-order valence-corrected chi connectivity index (χ2v) is 7.03. The van der Waals surface area contributed by atoms with Crippen LogP contribution in [0.5, 0.6) is 0 Å². The molecule has 168 valence electrons. The van der Waals surface area contributed by atoms with Gasteiger partial charge in [0, 0.05) is 49.9 Å². The molecule has 1 aromatic rings. The minimum Gasteiger partial charge on any atom is -0.450 e. The van der Waals surface area contributed by atoms with Crippen molar-refractivity contribution < 1.29 is 14.3 Å². The number of nitrogens with zero attached hydrogens (tertiary/aromatic N) is 3. The summed E-state index contributed by atoms with van der Waals surface area (Å²) in [6.07, 6.45) is -0.00836. The van der Waals surface area contributed by atoms with Gasteiger partial charge in [-0.05, 0) is 38.5 Å². The molecule has 1 aromatic carbocycles. The summed E-state index contributed by atoms with van der Waals surface area (Å²) in [7, 11) is 0. The monoisotopic (exact) mass is 551 g/mol. The number of ether oxygens (including phenoxy) is 1. The van der Waals surface area contributed by atoms with E-state index in [1.54, 1.807) is 17.9 Å². The third kappa shape index (κ3) is 7.82. The van der Waals surface area contributed by atoms with Crippen LogP contribution in [0.3, 0.4) is 0 Å². The number of piperazine rings is 1. The molecule has 1 fully saturated rings. The topological polar surface area (TPSA) is 86.3 Å². The first-order valence-corrected chi connectivity index (χ1v) is 10.3. The third-order valence-corrected chi connectivity index (χ3v) is 4.99. The number of hydrogen-bond donors (Lipinski definition) is 2. The van der Waals surface area contributed by atoms with Crippen LogP contribution in [0.1, 0.15) is 25.8 Å². The Morgan fingerprint density at radius 1 is 1.17 bits per heavy atom. The molecule has 1 saturated heterocycles. The van der Waals surface area contributed by atoms with Gasteiger partial charge in [-0.2, -0.15) is 0 Å². The fraction of sp³-hybridized carbons (Fsp3) is 0.550. The van der Waals surface area contributed by atoms with Crippen LogP contribution in [-0.2, 0) is 9.53 Å². The van der Waals surface area contributed by atoms with Gasteiger partial charge in [0.2, 0.25) is 5.91 Å². The lowest BCUT2D eigenvalue weighted by Gasteiger charge is -2.35. The van der Waals surface area contributed by atoms with Crippen LogP contribution in [0.25, 0.3) is 0 Å². The molecule has 2 amide bonds. The molecule has 10 heteroatoms. The second-order valence-electron chi connectivity index (χ2n) is 6.62. The van der Waals surface area contributed by atoms with Crippen molar-refractivity contribution in [2.75, 3.05) is 51.2 Å². The molecular formula is C20H31ClIN5O3. The molecule has 0 bridgehead atoms. The molecular weight excluding hydrogens is 521 g/mol. The fourth-order valence-electron chi connectivity index (χ4n) is 2.96. The summed E-state index contributed by atoms with van der Waals surface area (Å²) in [5.74, 6) is 0.643. The predicted molar refractivity (Wildman–Crippen MR) is 131 cm³/mol. The molecule has 8 nitrogen and oxygen atoms in total. The molecule has 0 spiro atoms. The maximum Gasteiger partial charge on any atom is 0.409 e. The normalized spacial score (nSPS) is 14.1. The summed E-state index contributed by atoms with van der Waals surface area (Å²) in [5.41, 5.74) is 1.56. The number of benzene rings is 1. The van der Waals surface area contributed by atoms with Crippen molar-refractivity contribution in [1.82, 2.24) is 15.1 Å². The highest BCUT2D eigenvalue weighted by atomic mass is 127. The average Bonchev–Trinajstić information content (AvgIpc) is 2.71. The lowest BCUT2D eigenvalue weighted by molar-refractivity contribution is -0.116. The zero-order valence-electron chi connectivity index (χ0n) is 17.7. The minimum atomic E-state index is -0.276. The van der Waals surface area contributed by atoms with E-state index >= 15 is 0 Å². The van der Waals surface area contributed by atoms with Gasteiger partial charge in [0.05, 0.1) is 13.2 Å². The molecule has 0 radical (unpaired) electrons. The molecule has 1 aliphatic heterocycles. The number of guanidine groups is 1. The summed E-state index contributed by atoms with van der Waals surface area (Å²) in [6, 6.07) is 5.43. The molecule has 0 aliphatic carbocycles. The lowest BCUT2D eigenvalue weighted by Crippen LogP contribution is -2.54. The number of aliphatic imine (C=N–C) groups is 1. The summed E-state index contributed by atoms with van der Waals surface area (Å²) in [6.45, 7) is 9.63. The lowest BCUT2D eigenvalue weighted by atomic mass is 10.2. The zero-order valence-corrected chi connectivity index (χ0v) is 20.8. The highest BCUT2D eigenvalue weighted by molar-refractivity contribution is 14.0. The van der Waals surface area contributed by atoms with E-state index in [1.807, 2.05) is 26.0 Å². The molecule has 0 atom stereocenters. The minimum absolute atomic E-state index is 0. The first-order chi connectivity index (χ1) is 14.0. The van der Waals surface area contributed by atoms with E-state index in [0.717, 1.165) is 18.1 Å². The van der Waals surface area contributed by atoms with E-state index in [4.69, 9.17) is 16.3 Å². The van der Waals surface area contributed by atoms with E-state index in [1.165, 1.54) is 0 Å². The molecule has 0 unspecified atom stereocenters. The zero-order chi connectivity index (χ0) is 21.2.